The molecule has 12 heteroatoms. The number of thiol groups is 1. The van der Waals surface area contributed by atoms with E-state index in [1.165, 1.54) is 12.8 Å². The van der Waals surface area contributed by atoms with E-state index in [1.54, 1.807) is 36.0 Å². The van der Waals surface area contributed by atoms with Crippen molar-refractivity contribution in [3.8, 4) is 16.9 Å². The maximum Gasteiger partial charge on any atom is 0.151 e. The molecule has 32 heavy (non-hydrogen) atoms. The Morgan fingerprint density at radius 1 is 1.12 bits per heavy atom. The van der Waals surface area contributed by atoms with Crippen LogP contribution in [-0.2, 0) is 0 Å². The molecule has 2 bridgehead atoms. The third-order valence-electron chi connectivity index (χ3n) is 6.34. The van der Waals surface area contributed by atoms with Crippen LogP contribution in [0.3, 0.4) is 0 Å². The molecule has 1 unspecified atom stereocenters. The molecule has 2 fully saturated rings. The minimum Gasteiger partial charge on any atom is -0.506 e. The summed E-state index contributed by atoms with van der Waals surface area (Å²) in [6, 6.07) is 3.46. The highest BCUT2D eigenvalue weighted by Crippen LogP contribution is 2.56. The zero-order chi connectivity index (χ0) is 20.2. The first-order valence-electron chi connectivity index (χ1n) is 10.2. The van der Waals surface area contributed by atoms with Crippen LogP contribution in [0.5, 0.6) is 5.75 Å². The normalized spacial score (nSPS) is 26.9. The molecule has 2 saturated heterocycles. The SMILES string of the molecule is CN([C@@H]1C[C@H]2CC[C@@H](C1)N2)[SH]1C(c2ncc(-c3cn[nH]c3)cc2O)=Nc2scnc21.Cl.Cl. The van der Waals surface area contributed by atoms with Crippen molar-refractivity contribution in [3.05, 3.63) is 35.9 Å². The second-order valence-corrected chi connectivity index (χ2v) is 11.1. The van der Waals surface area contributed by atoms with Crippen LogP contribution >= 0.6 is 47.2 Å². The molecule has 0 amide bonds. The van der Waals surface area contributed by atoms with Crippen molar-refractivity contribution in [3.63, 3.8) is 0 Å². The van der Waals surface area contributed by atoms with Gasteiger partial charge < -0.3 is 10.4 Å². The molecule has 3 aromatic heterocycles. The Morgan fingerprint density at radius 2 is 1.91 bits per heavy atom. The van der Waals surface area contributed by atoms with Crippen molar-refractivity contribution in [2.75, 3.05) is 7.05 Å². The fourth-order valence-electron chi connectivity index (χ4n) is 4.84. The fourth-order valence-corrected chi connectivity index (χ4v) is 8.24. The molecule has 0 aliphatic carbocycles. The van der Waals surface area contributed by atoms with Gasteiger partial charge in [0.15, 0.2) is 5.00 Å². The zero-order valence-corrected chi connectivity index (χ0v) is 20.6. The maximum absolute atomic E-state index is 10.9. The van der Waals surface area contributed by atoms with Gasteiger partial charge in [-0.1, -0.05) is 0 Å². The number of nitrogens with zero attached hydrogens (tertiary/aromatic N) is 5. The number of pyridine rings is 1. The highest BCUT2D eigenvalue weighted by molar-refractivity contribution is 8.29. The topological polar surface area (TPSA) is 102 Å². The minimum absolute atomic E-state index is 0. The molecule has 6 heterocycles. The summed E-state index contributed by atoms with van der Waals surface area (Å²) in [5.41, 5.74) is 4.14. The first-order chi connectivity index (χ1) is 14.7. The predicted molar refractivity (Wildman–Crippen MR) is 134 cm³/mol. The molecule has 0 saturated carbocycles. The number of aromatic nitrogens is 4. The molecule has 0 radical (unpaired) electrons. The van der Waals surface area contributed by atoms with Crippen LogP contribution < -0.4 is 5.32 Å². The molecule has 0 aromatic carbocycles. The van der Waals surface area contributed by atoms with Crippen LogP contribution in [0.1, 0.15) is 31.4 Å². The van der Waals surface area contributed by atoms with Crippen LogP contribution in [0.4, 0.5) is 5.00 Å². The quantitative estimate of drug-likeness (QED) is 0.392. The lowest BCUT2D eigenvalue weighted by atomic mass is 10.0. The van der Waals surface area contributed by atoms with Gasteiger partial charge >= 0.3 is 0 Å². The standard InChI is InChI=1S/C20H23N7OS2.2ClH/c1-27(15-5-13-2-3-14(6-15)25-13)30-19(26-18-20(30)22-10-29-18)17-16(28)4-11(7-21-17)12-8-23-24-9-12;;/h4,7-10,13-15,25,28,30H,2-3,5-6H2,1H3,(H,23,24);2*1H/t13-,14+,15-;;. The summed E-state index contributed by atoms with van der Waals surface area (Å²) in [4.78, 5) is 14.2. The van der Waals surface area contributed by atoms with Crippen molar-refractivity contribution in [2.45, 2.75) is 48.8 Å². The van der Waals surface area contributed by atoms with E-state index in [-0.39, 0.29) is 30.6 Å². The zero-order valence-electron chi connectivity index (χ0n) is 17.3. The van der Waals surface area contributed by atoms with Gasteiger partial charge in [-0.3, -0.25) is 9.40 Å². The number of aromatic hydroxyl groups is 1. The average molecular weight is 515 g/mol. The number of halogens is 2. The molecular formula is C20H25Cl2N7OS2. The van der Waals surface area contributed by atoms with E-state index in [2.05, 4.69) is 36.8 Å². The Bertz CT molecular complexity index is 1110. The number of H-pyrrole nitrogens is 1. The van der Waals surface area contributed by atoms with Crippen molar-refractivity contribution < 1.29 is 5.11 Å². The number of nitrogens with one attached hydrogen (secondary N) is 2. The number of hydrogen-bond acceptors (Lipinski definition) is 8. The number of fused-ring (bicyclic) bond motifs is 3. The van der Waals surface area contributed by atoms with Crippen LogP contribution in [0, 0.1) is 0 Å². The Kier molecular flexibility index (Phi) is 6.81. The van der Waals surface area contributed by atoms with Crippen LogP contribution in [0.25, 0.3) is 11.1 Å². The Morgan fingerprint density at radius 3 is 2.59 bits per heavy atom. The Labute approximate surface area is 205 Å². The third-order valence-corrected chi connectivity index (χ3v) is 9.61. The summed E-state index contributed by atoms with van der Waals surface area (Å²) < 4.78 is 2.47. The maximum atomic E-state index is 10.9. The number of aliphatic imine (C=N–C) groups is 1. The Balaban J connectivity index is 0.00000122. The summed E-state index contributed by atoms with van der Waals surface area (Å²) in [6.45, 7) is 0. The van der Waals surface area contributed by atoms with Crippen molar-refractivity contribution in [2.24, 2.45) is 4.99 Å². The molecule has 4 atom stereocenters. The van der Waals surface area contributed by atoms with Gasteiger partial charge in [0.2, 0.25) is 0 Å². The lowest BCUT2D eigenvalue weighted by Crippen LogP contribution is -2.46. The second-order valence-electron chi connectivity index (χ2n) is 8.14. The molecule has 3 aromatic rings. The van der Waals surface area contributed by atoms with Gasteiger partial charge in [0, 0.05) is 41.6 Å². The summed E-state index contributed by atoms with van der Waals surface area (Å²) in [6.07, 6.45) is 10.1. The fraction of sp³-hybridized carbons (Fsp3) is 0.400. The Hall–Kier alpha value is -1.69. The number of thiazole rings is 1. The largest absolute Gasteiger partial charge is 0.506 e. The smallest absolute Gasteiger partial charge is 0.151 e. The van der Waals surface area contributed by atoms with Gasteiger partial charge in [0.1, 0.15) is 21.5 Å². The molecule has 0 spiro atoms. The molecule has 3 N–H and O–H groups in total. The molecule has 172 valence electrons. The molecule has 8 nitrogen and oxygen atoms in total. The van der Waals surface area contributed by atoms with Crippen molar-refractivity contribution in [1.29, 1.82) is 0 Å². The van der Waals surface area contributed by atoms with E-state index >= 15 is 0 Å². The average Bonchev–Trinajstić information content (AvgIpc) is 3.52. The highest BCUT2D eigenvalue weighted by Gasteiger charge is 2.40. The second kappa shape index (κ2) is 9.28. The first-order valence-corrected chi connectivity index (χ1v) is 12.3. The van der Waals surface area contributed by atoms with E-state index in [0.29, 0.717) is 23.8 Å². The summed E-state index contributed by atoms with van der Waals surface area (Å²) in [5, 5.41) is 24.2. The number of aromatic amines is 1. The minimum atomic E-state index is -0.915. The summed E-state index contributed by atoms with van der Waals surface area (Å²) in [5.74, 6) is 0.147. The lowest BCUT2D eigenvalue weighted by molar-refractivity contribution is 0.264. The van der Waals surface area contributed by atoms with E-state index in [9.17, 15) is 5.11 Å². The highest BCUT2D eigenvalue weighted by atomic mass is 35.5. The van der Waals surface area contributed by atoms with Crippen LogP contribution in [0.15, 0.2) is 40.2 Å². The summed E-state index contributed by atoms with van der Waals surface area (Å²) >= 11 is 0.640. The third kappa shape index (κ3) is 3.93. The number of piperidine rings is 1. The van der Waals surface area contributed by atoms with E-state index in [0.717, 1.165) is 39.0 Å². The van der Waals surface area contributed by atoms with Gasteiger partial charge in [0.25, 0.3) is 0 Å². The monoisotopic (exact) mass is 513 g/mol. The van der Waals surface area contributed by atoms with Crippen molar-refractivity contribution in [1.82, 2.24) is 29.8 Å². The van der Waals surface area contributed by atoms with Gasteiger partial charge in [-0.05, 0) is 38.8 Å². The van der Waals surface area contributed by atoms with Crippen molar-refractivity contribution >= 4 is 57.3 Å². The van der Waals surface area contributed by atoms with Gasteiger partial charge in [-0.15, -0.1) is 47.2 Å². The molecule has 3 aliphatic rings. The van der Waals surface area contributed by atoms with Gasteiger partial charge in [0.05, 0.1) is 11.7 Å². The molecular weight excluding hydrogens is 489 g/mol. The first kappa shape index (κ1) is 23.5. The van der Waals surface area contributed by atoms with Crippen LogP contribution in [-0.4, -0.2) is 59.8 Å². The van der Waals surface area contributed by atoms with Crippen LogP contribution in [0.2, 0.25) is 0 Å². The predicted octanol–water partition coefficient (Wildman–Crippen LogP) is 4.06. The van der Waals surface area contributed by atoms with E-state index in [4.69, 9.17) is 4.99 Å². The molecule has 3 aliphatic heterocycles. The summed E-state index contributed by atoms with van der Waals surface area (Å²) in [7, 11) is 2.20. The number of rotatable bonds is 4. The van der Waals surface area contributed by atoms with Gasteiger partial charge in [-0.25, -0.2) is 15.0 Å². The lowest BCUT2D eigenvalue weighted by Gasteiger charge is -2.40. The van der Waals surface area contributed by atoms with E-state index in [1.807, 2.05) is 5.51 Å². The van der Waals surface area contributed by atoms with E-state index < -0.39 is 11.1 Å². The molecule has 6 rings (SSSR count). The number of hydrogen-bond donors (Lipinski definition) is 4. The van der Waals surface area contributed by atoms with Gasteiger partial charge in [-0.2, -0.15) is 5.10 Å².